The first-order chi connectivity index (χ1) is 15.2. The van der Waals surface area contributed by atoms with Gasteiger partial charge in [-0.15, -0.1) is 11.8 Å². The fourth-order valence-corrected chi connectivity index (χ4v) is 5.75. The fourth-order valence-electron chi connectivity index (χ4n) is 4.53. The Hall–Kier alpha value is -2.27. The molecule has 164 valence electrons. The summed E-state index contributed by atoms with van der Waals surface area (Å²) >= 11 is 1.67. The molecular weight excluding hydrogens is 404 g/mol. The van der Waals surface area contributed by atoms with Crippen molar-refractivity contribution in [2.24, 2.45) is 0 Å². The second-order valence-corrected chi connectivity index (χ2v) is 9.69. The van der Waals surface area contributed by atoms with E-state index in [1.165, 1.54) is 37.7 Å². The van der Waals surface area contributed by atoms with E-state index in [0.29, 0.717) is 23.9 Å². The van der Waals surface area contributed by atoms with Gasteiger partial charge in [0.25, 0.3) is 5.91 Å². The summed E-state index contributed by atoms with van der Waals surface area (Å²) < 4.78 is 0. The molecule has 1 N–H and O–H groups in total. The van der Waals surface area contributed by atoms with Crippen molar-refractivity contribution in [1.29, 1.82) is 0 Å². The minimum atomic E-state index is 0.0215. The Morgan fingerprint density at radius 1 is 0.935 bits per heavy atom. The summed E-state index contributed by atoms with van der Waals surface area (Å²) in [5.74, 6) is 0.730. The highest BCUT2D eigenvalue weighted by molar-refractivity contribution is 8.00. The SMILES string of the molecule is O=C(NC1CCCCCCC1)c1ccc([C@H]2SCC(=O)N2CCc2ccccc2)cc1. The van der Waals surface area contributed by atoms with Crippen molar-refractivity contribution in [3.05, 3.63) is 71.3 Å². The van der Waals surface area contributed by atoms with Crippen LogP contribution in [-0.2, 0) is 11.2 Å². The first-order valence-electron chi connectivity index (χ1n) is 11.6. The van der Waals surface area contributed by atoms with Crippen molar-refractivity contribution in [2.75, 3.05) is 12.3 Å². The van der Waals surface area contributed by atoms with E-state index in [4.69, 9.17) is 0 Å². The molecule has 1 saturated heterocycles. The van der Waals surface area contributed by atoms with E-state index >= 15 is 0 Å². The summed E-state index contributed by atoms with van der Waals surface area (Å²) in [5, 5.41) is 3.26. The lowest BCUT2D eigenvalue weighted by Crippen LogP contribution is -2.35. The second kappa shape index (κ2) is 10.9. The normalized spacial score (nSPS) is 20.3. The Morgan fingerprint density at radius 2 is 1.61 bits per heavy atom. The topological polar surface area (TPSA) is 49.4 Å². The Labute approximate surface area is 189 Å². The largest absolute Gasteiger partial charge is 0.349 e. The third-order valence-electron chi connectivity index (χ3n) is 6.35. The molecule has 2 aliphatic rings. The molecule has 1 aliphatic carbocycles. The summed E-state index contributed by atoms with van der Waals surface area (Å²) in [5.41, 5.74) is 3.04. The van der Waals surface area contributed by atoms with Crippen LogP contribution in [0.5, 0.6) is 0 Å². The number of carbonyl (C=O) groups excluding carboxylic acids is 2. The van der Waals surface area contributed by atoms with Crippen molar-refractivity contribution in [2.45, 2.75) is 62.8 Å². The van der Waals surface area contributed by atoms with Crippen LogP contribution in [0.4, 0.5) is 0 Å². The predicted molar refractivity (Wildman–Crippen MR) is 127 cm³/mol. The Balaban J connectivity index is 1.37. The molecule has 1 saturated carbocycles. The average Bonchev–Trinajstić information content (AvgIpc) is 3.15. The Morgan fingerprint density at radius 3 is 2.32 bits per heavy atom. The van der Waals surface area contributed by atoms with E-state index < -0.39 is 0 Å². The third kappa shape index (κ3) is 5.91. The lowest BCUT2D eigenvalue weighted by molar-refractivity contribution is -0.128. The van der Waals surface area contributed by atoms with Crippen molar-refractivity contribution in [1.82, 2.24) is 10.2 Å². The maximum Gasteiger partial charge on any atom is 0.251 e. The fraction of sp³-hybridized carbons (Fsp3) is 0.462. The highest BCUT2D eigenvalue weighted by atomic mass is 32.2. The number of nitrogens with zero attached hydrogens (tertiary/aromatic N) is 1. The molecule has 4 nitrogen and oxygen atoms in total. The van der Waals surface area contributed by atoms with Gasteiger partial charge in [0.15, 0.2) is 0 Å². The molecule has 0 radical (unpaired) electrons. The number of hydrogen-bond donors (Lipinski definition) is 1. The highest BCUT2D eigenvalue weighted by Gasteiger charge is 2.32. The number of nitrogens with one attached hydrogen (secondary N) is 1. The van der Waals surface area contributed by atoms with Crippen LogP contribution in [0.15, 0.2) is 54.6 Å². The molecular formula is C26H32N2O2S. The number of carbonyl (C=O) groups is 2. The zero-order valence-corrected chi connectivity index (χ0v) is 18.9. The molecule has 2 aromatic rings. The summed E-state index contributed by atoms with van der Waals surface area (Å²) in [6, 6.07) is 18.4. The minimum Gasteiger partial charge on any atom is -0.349 e. The van der Waals surface area contributed by atoms with Crippen molar-refractivity contribution < 1.29 is 9.59 Å². The number of thioether (sulfide) groups is 1. The predicted octanol–water partition coefficient (Wildman–Crippen LogP) is 5.35. The molecule has 0 unspecified atom stereocenters. The smallest absolute Gasteiger partial charge is 0.251 e. The van der Waals surface area contributed by atoms with Gasteiger partial charge in [-0.3, -0.25) is 9.59 Å². The molecule has 1 heterocycles. The van der Waals surface area contributed by atoms with E-state index in [9.17, 15) is 9.59 Å². The second-order valence-electron chi connectivity index (χ2n) is 8.62. The van der Waals surface area contributed by atoms with Gasteiger partial charge in [0.1, 0.15) is 5.37 Å². The van der Waals surface area contributed by atoms with Crippen LogP contribution in [0.25, 0.3) is 0 Å². The Bertz CT molecular complexity index is 861. The lowest BCUT2D eigenvalue weighted by atomic mass is 9.96. The molecule has 2 aromatic carbocycles. The van der Waals surface area contributed by atoms with Gasteiger partial charge in [0.2, 0.25) is 5.91 Å². The number of amides is 2. The van der Waals surface area contributed by atoms with Crippen LogP contribution >= 0.6 is 11.8 Å². The van der Waals surface area contributed by atoms with Crippen LogP contribution in [0.3, 0.4) is 0 Å². The molecule has 0 bridgehead atoms. The van der Waals surface area contributed by atoms with Gasteiger partial charge < -0.3 is 10.2 Å². The summed E-state index contributed by atoms with van der Waals surface area (Å²) in [7, 11) is 0. The Kier molecular flexibility index (Phi) is 7.68. The van der Waals surface area contributed by atoms with Crippen molar-refractivity contribution in [3.63, 3.8) is 0 Å². The maximum atomic E-state index is 12.7. The minimum absolute atomic E-state index is 0.0215. The van der Waals surface area contributed by atoms with Crippen LogP contribution in [-0.4, -0.2) is 35.1 Å². The van der Waals surface area contributed by atoms with Gasteiger partial charge in [0, 0.05) is 18.2 Å². The van der Waals surface area contributed by atoms with Gasteiger partial charge in [-0.05, 0) is 42.5 Å². The van der Waals surface area contributed by atoms with Gasteiger partial charge in [0.05, 0.1) is 5.75 Å². The molecule has 1 aliphatic heterocycles. The van der Waals surface area contributed by atoms with Crippen LogP contribution in [0, 0.1) is 0 Å². The van der Waals surface area contributed by atoms with Gasteiger partial charge in [-0.25, -0.2) is 0 Å². The van der Waals surface area contributed by atoms with E-state index in [-0.39, 0.29) is 17.2 Å². The molecule has 0 spiro atoms. The number of benzene rings is 2. The van der Waals surface area contributed by atoms with Crippen molar-refractivity contribution in [3.8, 4) is 0 Å². The summed E-state index contributed by atoms with van der Waals surface area (Å²) in [6.45, 7) is 0.713. The number of rotatable bonds is 6. The number of hydrogen-bond acceptors (Lipinski definition) is 3. The lowest BCUT2D eigenvalue weighted by Gasteiger charge is -2.24. The van der Waals surface area contributed by atoms with Gasteiger partial charge in [-0.2, -0.15) is 0 Å². The molecule has 2 fully saturated rings. The zero-order valence-electron chi connectivity index (χ0n) is 18.1. The quantitative estimate of drug-likeness (QED) is 0.664. The maximum absolute atomic E-state index is 12.7. The molecule has 2 amide bonds. The zero-order chi connectivity index (χ0) is 21.5. The summed E-state index contributed by atoms with van der Waals surface area (Å²) in [4.78, 5) is 27.2. The standard InChI is InChI=1S/C26H32N2O2S/c29-24-19-31-26(28(24)18-17-20-9-5-4-6-10-20)22-15-13-21(14-16-22)25(30)27-23-11-7-2-1-3-8-12-23/h4-6,9-10,13-16,23,26H,1-3,7-8,11-12,17-19H2,(H,27,30)/t26-/m1/s1. The van der Waals surface area contributed by atoms with Crippen molar-refractivity contribution >= 4 is 23.6 Å². The van der Waals surface area contributed by atoms with Crippen LogP contribution < -0.4 is 5.32 Å². The highest BCUT2D eigenvalue weighted by Crippen LogP contribution is 2.38. The van der Waals surface area contributed by atoms with E-state index in [2.05, 4.69) is 17.4 Å². The molecule has 0 aromatic heterocycles. The molecule has 5 heteroatoms. The van der Waals surface area contributed by atoms with Gasteiger partial charge in [-0.1, -0.05) is 74.6 Å². The van der Waals surface area contributed by atoms with Gasteiger partial charge >= 0.3 is 0 Å². The first kappa shape index (κ1) is 21.9. The molecule has 4 rings (SSSR count). The first-order valence-corrected chi connectivity index (χ1v) is 12.6. The van der Waals surface area contributed by atoms with E-state index in [0.717, 1.165) is 24.8 Å². The average molecular weight is 437 g/mol. The molecule has 1 atom stereocenters. The van der Waals surface area contributed by atoms with E-state index in [1.807, 2.05) is 47.4 Å². The monoisotopic (exact) mass is 436 g/mol. The molecule has 31 heavy (non-hydrogen) atoms. The summed E-state index contributed by atoms with van der Waals surface area (Å²) in [6.07, 6.45) is 9.31. The van der Waals surface area contributed by atoms with E-state index in [1.54, 1.807) is 11.8 Å². The third-order valence-corrected chi connectivity index (χ3v) is 7.61. The van der Waals surface area contributed by atoms with Crippen LogP contribution in [0.2, 0.25) is 0 Å². The van der Waals surface area contributed by atoms with Crippen LogP contribution in [0.1, 0.15) is 71.8 Å².